The van der Waals surface area contributed by atoms with Gasteiger partial charge >= 0.3 is 0 Å². The topological polar surface area (TPSA) is 21.3 Å². The van der Waals surface area contributed by atoms with Crippen LogP contribution in [0.3, 0.4) is 0 Å². The van der Waals surface area contributed by atoms with Crippen LogP contribution in [0.1, 0.15) is 18.9 Å². The van der Waals surface area contributed by atoms with Gasteiger partial charge in [-0.3, -0.25) is 0 Å². The molecule has 0 fully saturated rings. The first-order chi connectivity index (χ1) is 7.76. The molecule has 1 rings (SSSR count). The molecule has 1 aromatic carbocycles. The third-order valence-electron chi connectivity index (χ3n) is 2.45. The Morgan fingerprint density at radius 3 is 2.56 bits per heavy atom. The zero-order valence-corrected chi connectivity index (χ0v) is 11.6. The van der Waals surface area contributed by atoms with Crippen LogP contribution in [0.15, 0.2) is 28.7 Å². The molecule has 1 atom stereocenters. The highest BCUT2D eigenvalue weighted by Gasteiger charge is 2.07. The Labute approximate surface area is 107 Å². The van der Waals surface area contributed by atoms with Crippen LogP contribution in [-0.2, 0) is 11.2 Å². The molecule has 1 unspecified atom stereocenters. The molecule has 0 amide bonds. The molecule has 0 heterocycles. The molecule has 0 aliphatic carbocycles. The van der Waals surface area contributed by atoms with Gasteiger partial charge in [-0.05, 0) is 37.1 Å². The number of rotatable bonds is 7. The van der Waals surface area contributed by atoms with E-state index in [0.717, 1.165) is 30.5 Å². The largest absolute Gasteiger partial charge is 0.383 e. The van der Waals surface area contributed by atoms with Gasteiger partial charge in [-0.1, -0.05) is 35.0 Å². The van der Waals surface area contributed by atoms with Crippen molar-refractivity contribution in [3.05, 3.63) is 34.3 Å². The lowest BCUT2D eigenvalue weighted by Gasteiger charge is -2.17. The molecule has 0 radical (unpaired) electrons. The molecule has 0 aliphatic heterocycles. The van der Waals surface area contributed by atoms with E-state index in [9.17, 15) is 0 Å². The third-order valence-corrected chi connectivity index (χ3v) is 2.97. The molecular formula is C13H20BrNO. The minimum atomic E-state index is 0.408. The summed E-state index contributed by atoms with van der Waals surface area (Å²) in [5.41, 5.74) is 1.34. The van der Waals surface area contributed by atoms with Crippen LogP contribution in [0.5, 0.6) is 0 Å². The second-order valence-corrected chi connectivity index (χ2v) is 4.85. The Morgan fingerprint density at radius 2 is 2.00 bits per heavy atom. The molecule has 0 saturated carbocycles. The number of nitrogens with one attached hydrogen (secondary N) is 1. The molecule has 1 N–H and O–H groups in total. The molecular weight excluding hydrogens is 266 g/mol. The van der Waals surface area contributed by atoms with Gasteiger partial charge < -0.3 is 10.1 Å². The lowest BCUT2D eigenvalue weighted by atomic mass is 10.1. The fourth-order valence-electron chi connectivity index (χ4n) is 1.64. The van der Waals surface area contributed by atoms with Crippen LogP contribution in [0.25, 0.3) is 0 Å². The number of halogens is 1. The minimum absolute atomic E-state index is 0.408. The van der Waals surface area contributed by atoms with Gasteiger partial charge in [0.1, 0.15) is 0 Å². The molecule has 0 aliphatic rings. The molecule has 0 aromatic heterocycles. The van der Waals surface area contributed by atoms with E-state index in [4.69, 9.17) is 4.74 Å². The molecule has 16 heavy (non-hydrogen) atoms. The van der Waals surface area contributed by atoms with Crippen LogP contribution in [-0.4, -0.2) is 26.3 Å². The first-order valence-corrected chi connectivity index (χ1v) is 6.52. The standard InChI is InChI=1S/C13H20BrNO/c1-3-8-15-13(10-16-2)9-11-4-6-12(14)7-5-11/h4-7,13,15H,3,8-10H2,1-2H3. The van der Waals surface area contributed by atoms with Gasteiger partial charge in [0.15, 0.2) is 0 Å². The van der Waals surface area contributed by atoms with Crippen LogP contribution in [0.2, 0.25) is 0 Å². The van der Waals surface area contributed by atoms with Crippen molar-refractivity contribution in [2.45, 2.75) is 25.8 Å². The monoisotopic (exact) mass is 285 g/mol. The summed E-state index contributed by atoms with van der Waals surface area (Å²) >= 11 is 3.44. The normalized spacial score (nSPS) is 12.7. The van der Waals surface area contributed by atoms with Crippen LogP contribution in [0, 0.1) is 0 Å². The van der Waals surface area contributed by atoms with E-state index < -0.39 is 0 Å². The van der Waals surface area contributed by atoms with Crippen molar-refractivity contribution in [2.75, 3.05) is 20.3 Å². The van der Waals surface area contributed by atoms with Gasteiger partial charge in [-0.25, -0.2) is 0 Å². The third kappa shape index (κ3) is 5.10. The summed E-state index contributed by atoms with van der Waals surface area (Å²) in [4.78, 5) is 0. The summed E-state index contributed by atoms with van der Waals surface area (Å²) in [6.45, 7) is 3.98. The molecule has 3 heteroatoms. The van der Waals surface area contributed by atoms with Crippen molar-refractivity contribution in [3.8, 4) is 0 Å². The van der Waals surface area contributed by atoms with Crippen molar-refractivity contribution in [3.63, 3.8) is 0 Å². The van der Waals surface area contributed by atoms with E-state index in [-0.39, 0.29) is 0 Å². The second kappa shape index (κ2) is 7.82. The van der Waals surface area contributed by atoms with Crippen molar-refractivity contribution in [2.24, 2.45) is 0 Å². The first-order valence-electron chi connectivity index (χ1n) is 5.73. The maximum absolute atomic E-state index is 5.23. The second-order valence-electron chi connectivity index (χ2n) is 3.94. The molecule has 0 saturated heterocycles. The summed E-state index contributed by atoms with van der Waals surface area (Å²) in [6, 6.07) is 8.88. The van der Waals surface area contributed by atoms with E-state index in [2.05, 4.69) is 52.4 Å². The fourth-order valence-corrected chi connectivity index (χ4v) is 1.91. The number of hydrogen-bond donors (Lipinski definition) is 1. The predicted octanol–water partition coefficient (Wildman–Crippen LogP) is 3.01. The summed E-state index contributed by atoms with van der Waals surface area (Å²) in [5.74, 6) is 0. The van der Waals surface area contributed by atoms with Crippen molar-refractivity contribution >= 4 is 15.9 Å². The number of benzene rings is 1. The molecule has 90 valence electrons. The van der Waals surface area contributed by atoms with Crippen molar-refractivity contribution in [1.82, 2.24) is 5.32 Å². The zero-order valence-electron chi connectivity index (χ0n) is 10.0. The molecule has 0 spiro atoms. The zero-order chi connectivity index (χ0) is 11.8. The van der Waals surface area contributed by atoms with Gasteiger partial charge in [0.2, 0.25) is 0 Å². The average molecular weight is 286 g/mol. The van der Waals surface area contributed by atoms with E-state index in [0.29, 0.717) is 6.04 Å². The highest BCUT2D eigenvalue weighted by Crippen LogP contribution is 2.12. The quantitative estimate of drug-likeness (QED) is 0.832. The predicted molar refractivity (Wildman–Crippen MR) is 71.8 cm³/mol. The fraction of sp³-hybridized carbons (Fsp3) is 0.538. The van der Waals surface area contributed by atoms with Gasteiger partial charge in [0.25, 0.3) is 0 Å². The summed E-state index contributed by atoms with van der Waals surface area (Å²) in [7, 11) is 1.75. The van der Waals surface area contributed by atoms with Gasteiger partial charge in [0, 0.05) is 17.6 Å². The Balaban J connectivity index is 2.49. The lowest BCUT2D eigenvalue weighted by Crippen LogP contribution is -2.35. The first kappa shape index (κ1) is 13.7. The smallest absolute Gasteiger partial charge is 0.0619 e. The van der Waals surface area contributed by atoms with Crippen molar-refractivity contribution in [1.29, 1.82) is 0 Å². The Hall–Kier alpha value is -0.380. The van der Waals surface area contributed by atoms with E-state index in [1.807, 2.05) is 0 Å². The number of hydrogen-bond acceptors (Lipinski definition) is 2. The van der Waals surface area contributed by atoms with Gasteiger partial charge in [0.05, 0.1) is 6.61 Å². The minimum Gasteiger partial charge on any atom is -0.383 e. The summed E-state index contributed by atoms with van der Waals surface area (Å²) in [6.07, 6.45) is 2.17. The number of methoxy groups -OCH3 is 1. The average Bonchev–Trinajstić information content (AvgIpc) is 2.29. The summed E-state index contributed by atoms with van der Waals surface area (Å²) < 4.78 is 6.35. The maximum Gasteiger partial charge on any atom is 0.0619 e. The van der Waals surface area contributed by atoms with Gasteiger partial charge in [-0.15, -0.1) is 0 Å². The van der Waals surface area contributed by atoms with Crippen LogP contribution in [0.4, 0.5) is 0 Å². The van der Waals surface area contributed by atoms with Crippen LogP contribution < -0.4 is 5.32 Å². The Bertz CT molecular complexity index is 286. The lowest BCUT2D eigenvalue weighted by molar-refractivity contribution is 0.166. The van der Waals surface area contributed by atoms with Crippen molar-refractivity contribution < 1.29 is 4.74 Å². The SMILES string of the molecule is CCCNC(COC)Cc1ccc(Br)cc1. The highest BCUT2D eigenvalue weighted by atomic mass is 79.9. The van der Waals surface area contributed by atoms with Crippen LogP contribution >= 0.6 is 15.9 Å². The van der Waals surface area contributed by atoms with E-state index in [1.54, 1.807) is 7.11 Å². The van der Waals surface area contributed by atoms with Gasteiger partial charge in [-0.2, -0.15) is 0 Å². The molecule has 1 aromatic rings. The Kier molecular flexibility index (Phi) is 6.69. The molecule has 0 bridgehead atoms. The highest BCUT2D eigenvalue weighted by molar-refractivity contribution is 9.10. The molecule has 2 nitrogen and oxygen atoms in total. The maximum atomic E-state index is 5.23. The Morgan fingerprint density at radius 1 is 1.31 bits per heavy atom. The van der Waals surface area contributed by atoms with E-state index in [1.165, 1.54) is 5.56 Å². The number of ether oxygens (including phenoxy) is 1. The summed E-state index contributed by atoms with van der Waals surface area (Å²) in [5, 5.41) is 3.50. The van der Waals surface area contributed by atoms with E-state index >= 15 is 0 Å².